The van der Waals surface area contributed by atoms with Gasteiger partial charge in [-0.25, -0.2) is 17.6 Å². The van der Waals surface area contributed by atoms with Crippen LogP contribution in [0, 0.1) is 29.1 Å². The number of fused-ring (bicyclic) bond motifs is 2. The number of nitrogens with zero attached hydrogens (tertiary/aromatic N) is 1. The van der Waals surface area contributed by atoms with Gasteiger partial charge in [0.05, 0.1) is 37.5 Å². The summed E-state index contributed by atoms with van der Waals surface area (Å²) >= 11 is 0. The van der Waals surface area contributed by atoms with E-state index in [0.29, 0.717) is 33.1 Å². The summed E-state index contributed by atoms with van der Waals surface area (Å²) in [4.78, 5) is 70.6. The summed E-state index contributed by atoms with van der Waals surface area (Å²) in [6.45, 7) is 3.50. The predicted molar refractivity (Wildman–Crippen MR) is 193 cm³/mol. The Morgan fingerprint density at radius 1 is 1.05 bits per heavy atom. The van der Waals surface area contributed by atoms with Gasteiger partial charge in [-0.3, -0.25) is 23.9 Å². The van der Waals surface area contributed by atoms with Crippen LogP contribution in [0.1, 0.15) is 95.8 Å². The Morgan fingerprint density at radius 2 is 1.73 bits per heavy atom. The molecule has 2 amide bonds. The number of esters is 2. The highest BCUT2D eigenvalue weighted by Crippen LogP contribution is 2.58. The molecule has 2 aliphatic heterocycles. The summed E-state index contributed by atoms with van der Waals surface area (Å²) in [6.07, 6.45) is -2.21. The lowest BCUT2D eigenvalue weighted by molar-refractivity contribution is -0.257. The second kappa shape index (κ2) is 16.1. The summed E-state index contributed by atoms with van der Waals surface area (Å²) in [5.74, 6) is -6.68. The number of ketones is 1. The second-order valence-corrected chi connectivity index (χ2v) is 18.5. The molecular weight excluding hydrogens is 764 g/mol. The number of carbonyl (C=O) groups is 5. The molecule has 0 radical (unpaired) electrons. The molecule has 1 saturated heterocycles. The number of carbonyl (C=O) groups excluding carboxylic acids is 5. The Kier molecular flexibility index (Phi) is 12.4. The summed E-state index contributed by atoms with van der Waals surface area (Å²) in [5, 5.41) is 0. The molecule has 56 heavy (non-hydrogen) atoms. The highest BCUT2D eigenvalue weighted by atomic mass is 32.2. The number of nitrogens with one attached hydrogen (secondary N) is 1. The lowest BCUT2D eigenvalue weighted by atomic mass is 9.82. The first-order valence-corrected chi connectivity index (χ1v) is 20.3. The average molecular weight is 815 g/mol. The minimum Gasteiger partial charge on any atom is -0.496 e. The fourth-order valence-electron chi connectivity index (χ4n) is 7.83. The van der Waals surface area contributed by atoms with Crippen LogP contribution in [0.25, 0.3) is 0 Å². The van der Waals surface area contributed by atoms with E-state index in [1.54, 1.807) is 25.1 Å². The molecule has 2 heterocycles. The van der Waals surface area contributed by atoms with Crippen molar-refractivity contribution in [2.45, 2.75) is 114 Å². The number of benzene rings is 1. The molecule has 12 nitrogen and oxygen atoms in total. The van der Waals surface area contributed by atoms with Crippen molar-refractivity contribution in [3.8, 4) is 5.75 Å². The van der Waals surface area contributed by atoms with Crippen LogP contribution < -0.4 is 9.46 Å². The quantitative estimate of drug-likeness (QED) is 0.178. The average Bonchev–Trinajstić information content (AvgIpc) is 4.02. The van der Waals surface area contributed by atoms with Crippen LogP contribution in [0.15, 0.2) is 36.4 Å². The second-order valence-electron chi connectivity index (χ2n) is 16.4. The van der Waals surface area contributed by atoms with E-state index in [1.807, 2.05) is 17.7 Å². The molecule has 1 aromatic carbocycles. The van der Waals surface area contributed by atoms with E-state index in [0.717, 1.165) is 4.90 Å². The Bertz CT molecular complexity index is 1850. The van der Waals surface area contributed by atoms with E-state index in [1.165, 1.54) is 19.2 Å². The normalized spacial score (nSPS) is 30.1. The number of methoxy groups -OCH3 is 1. The highest BCUT2D eigenvalue weighted by Gasteiger charge is 2.63. The zero-order chi connectivity index (χ0) is 41.4. The van der Waals surface area contributed by atoms with Crippen LogP contribution in [0.3, 0.4) is 0 Å². The molecule has 1 aromatic rings. The van der Waals surface area contributed by atoms with Crippen LogP contribution in [-0.4, -0.2) is 91.9 Å². The molecule has 0 bridgehead atoms. The minimum atomic E-state index is -4.90. The molecule has 4 aliphatic rings. The zero-order valence-electron chi connectivity index (χ0n) is 32.2. The van der Waals surface area contributed by atoms with Crippen molar-refractivity contribution in [1.82, 2.24) is 9.62 Å². The Hall–Kier alpha value is -4.02. The monoisotopic (exact) mass is 814 g/mol. The first-order chi connectivity index (χ1) is 26.1. The van der Waals surface area contributed by atoms with Crippen LogP contribution in [0.5, 0.6) is 5.75 Å². The summed E-state index contributed by atoms with van der Waals surface area (Å²) in [6, 6.07) is 4.90. The fraction of sp³-hybridized carbons (Fsp3) is 0.667. The maximum atomic E-state index is 14.6. The van der Waals surface area contributed by atoms with Gasteiger partial charge >= 0.3 is 18.1 Å². The number of alkyl halides is 4. The first kappa shape index (κ1) is 43.1. The van der Waals surface area contributed by atoms with E-state index in [4.69, 9.17) is 14.2 Å². The van der Waals surface area contributed by atoms with E-state index >= 15 is 0 Å². The number of rotatable bonds is 10. The molecule has 17 heteroatoms. The molecule has 3 fully saturated rings. The number of Topliss-reactive ketones (excluding diaryl/α,β-unsaturated/α-hetero) is 1. The molecule has 7 atom stereocenters. The van der Waals surface area contributed by atoms with Gasteiger partial charge < -0.3 is 19.1 Å². The van der Waals surface area contributed by atoms with E-state index in [2.05, 4.69) is 0 Å². The highest BCUT2D eigenvalue weighted by molar-refractivity contribution is 7.91. The van der Waals surface area contributed by atoms with Crippen molar-refractivity contribution >= 4 is 39.6 Å². The van der Waals surface area contributed by atoms with Gasteiger partial charge in [0.25, 0.3) is 0 Å². The molecule has 0 spiro atoms. The fourth-order valence-corrected chi connectivity index (χ4v) is 9.28. The number of hydrogen-bond acceptors (Lipinski definition) is 10. The van der Waals surface area contributed by atoms with Gasteiger partial charge in [0.1, 0.15) is 28.8 Å². The number of halogens is 4. The van der Waals surface area contributed by atoms with Crippen molar-refractivity contribution in [1.29, 1.82) is 0 Å². The number of para-hydroxylation sites is 1. The maximum Gasteiger partial charge on any atom is 0.427 e. The van der Waals surface area contributed by atoms with Crippen LogP contribution in [-0.2, 0) is 38.7 Å². The van der Waals surface area contributed by atoms with Gasteiger partial charge in [0, 0.05) is 12.8 Å². The van der Waals surface area contributed by atoms with Gasteiger partial charge in [-0.2, -0.15) is 13.2 Å². The third-order valence-corrected chi connectivity index (χ3v) is 14.0. The molecule has 0 unspecified atom stereocenters. The van der Waals surface area contributed by atoms with Crippen molar-refractivity contribution in [3.63, 3.8) is 0 Å². The van der Waals surface area contributed by atoms with Crippen LogP contribution >= 0.6 is 0 Å². The molecular formula is C39H50F4N2O10S. The van der Waals surface area contributed by atoms with Gasteiger partial charge in [-0.05, 0) is 82.3 Å². The smallest absolute Gasteiger partial charge is 0.427 e. The molecule has 310 valence electrons. The third-order valence-electron chi connectivity index (χ3n) is 11.9. The van der Waals surface area contributed by atoms with E-state index in [-0.39, 0.29) is 49.5 Å². The zero-order valence-corrected chi connectivity index (χ0v) is 33.0. The molecule has 5 rings (SSSR count). The lowest BCUT2D eigenvalue weighted by Crippen LogP contribution is -2.49. The number of amides is 2. The van der Waals surface area contributed by atoms with E-state index < -0.39 is 111 Å². The Labute approximate surface area is 324 Å². The third kappa shape index (κ3) is 8.91. The molecule has 2 aliphatic carbocycles. The summed E-state index contributed by atoms with van der Waals surface area (Å²) < 4.78 is 97.4. The molecule has 0 aromatic heterocycles. The Morgan fingerprint density at radius 3 is 2.36 bits per heavy atom. The largest absolute Gasteiger partial charge is 0.496 e. The van der Waals surface area contributed by atoms with Crippen molar-refractivity contribution in [2.75, 3.05) is 20.3 Å². The first-order valence-electron chi connectivity index (χ1n) is 18.9. The number of hydrogen-bond donors (Lipinski definition) is 1. The van der Waals surface area contributed by atoms with Gasteiger partial charge in [0.2, 0.25) is 27.4 Å². The van der Waals surface area contributed by atoms with Gasteiger partial charge in [-0.1, -0.05) is 38.1 Å². The summed E-state index contributed by atoms with van der Waals surface area (Å²) in [7, 11) is -3.07. The SMILES string of the molecule is COc1ccccc1C(=O)O[C@@H]1C[C@H]2C(=O)C[C@]3(C(=O)NS(=O)(=O)C4(CF)CC4)C[C@H]3/C=C\CC[C@H](C)C[C@@H](C)[C@H](CC(=O)OC(C)(C)C(F)(F)F)C(=O)N2C1. The number of ether oxygens (including phenoxy) is 3. The number of allylic oxidation sites excluding steroid dienone is 2. The van der Waals surface area contributed by atoms with Crippen molar-refractivity contribution < 1.29 is 64.2 Å². The van der Waals surface area contributed by atoms with Gasteiger partial charge in [0.15, 0.2) is 5.78 Å². The standard InChI is InChI=1S/C39H50F4N2O10S/c1-23-10-6-7-11-25-19-38(25,35(50)44-56(51,52)37(22-40)14-15-37)20-30(46)29-17-26(54-34(49)27-12-8-9-13-31(27)53-5)21-45(29)33(48)28(24(2)16-23)18-32(47)55-36(3,4)39(41,42)43/h7-9,11-13,23-26,28-29H,6,10,14-22H2,1-5H3,(H,44,50)/b11-7-/t23-,24+,25+,26+,28-,29-,38+/m0/s1. The topological polar surface area (TPSA) is 162 Å². The van der Waals surface area contributed by atoms with Crippen LogP contribution in [0.4, 0.5) is 17.6 Å². The van der Waals surface area contributed by atoms with Crippen molar-refractivity contribution in [3.05, 3.63) is 42.0 Å². The van der Waals surface area contributed by atoms with Crippen molar-refractivity contribution in [2.24, 2.45) is 29.1 Å². The Balaban J connectivity index is 1.49. The lowest BCUT2D eigenvalue weighted by Gasteiger charge is -2.33. The maximum absolute atomic E-state index is 14.6. The minimum absolute atomic E-state index is 0.0362. The molecule has 1 N–H and O–H groups in total. The number of sulfonamides is 1. The van der Waals surface area contributed by atoms with E-state index in [9.17, 15) is 50.0 Å². The predicted octanol–water partition coefficient (Wildman–Crippen LogP) is 5.64. The molecule has 2 saturated carbocycles. The van der Waals surface area contributed by atoms with Gasteiger partial charge in [-0.15, -0.1) is 0 Å². The van der Waals surface area contributed by atoms with Crippen LogP contribution in [0.2, 0.25) is 0 Å². The summed E-state index contributed by atoms with van der Waals surface area (Å²) in [5.41, 5.74) is -4.33.